The molecular formula is C64H72S10. The van der Waals surface area contributed by atoms with Crippen LogP contribution in [0.1, 0.15) is 176 Å². The van der Waals surface area contributed by atoms with Gasteiger partial charge in [-0.05, 0) is 154 Å². The molecule has 0 fully saturated rings. The lowest BCUT2D eigenvalue weighted by Crippen LogP contribution is -2.00. The molecule has 0 saturated carbocycles. The molecule has 9 aromatic heterocycles. The standard InChI is InChI=1S/C64H72S10/c1-5-9-13-17-21-43-25-29-51(65-43)55-35-33-49(69-55)47-41-61(59-39-37-57(71-59)53-31-27-45(67-53)23-19-15-11-7-3)73-63(47)64-48(50-34-36-56(70-50)52-30-26-44(66-52)22-18-14-10-6-2)42-62(74-64)60-40-38-58(72-60)54-32-28-46(68-54)24-20-16-12-8-4/h25-42,47,63H,5-24H2,1-4H3. The van der Waals surface area contributed by atoms with Crippen LogP contribution in [0.15, 0.2) is 109 Å². The van der Waals surface area contributed by atoms with Gasteiger partial charge in [0, 0.05) is 104 Å². The zero-order valence-corrected chi connectivity index (χ0v) is 51.9. The minimum absolute atomic E-state index is 0.263. The summed E-state index contributed by atoms with van der Waals surface area (Å²) in [6.45, 7) is 9.22. The molecule has 388 valence electrons. The maximum atomic E-state index is 2.66. The summed E-state index contributed by atoms with van der Waals surface area (Å²) >= 11 is 20.2. The molecule has 9 aromatic rings. The van der Waals surface area contributed by atoms with Crippen LogP contribution in [0.2, 0.25) is 0 Å². The van der Waals surface area contributed by atoms with E-state index in [4.69, 9.17) is 0 Å². The molecule has 10 heterocycles. The second-order valence-electron chi connectivity index (χ2n) is 20.0. The molecule has 2 atom stereocenters. The van der Waals surface area contributed by atoms with E-state index in [-0.39, 0.29) is 11.2 Å². The fourth-order valence-corrected chi connectivity index (χ4v) is 21.9. The first kappa shape index (κ1) is 54.7. The van der Waals surface area contributed by atoms with Gasteiger partial charge in [0.15, 0.2) is 0 Å². The molecule has 0 aliphatic carbocycles. The van der Waals surface area contributed by atoms with E-state index in [0.29, 0.717) is 0 Å². The summed E-state index contributed by atoms with van der Waals surface area (Å²) in [5.41, 5.74) is 1.43. The van der Waals surface area contributed by atoms with E-state index in [1.807, 2.05) is 90.7 Å². The van der Waals surface area contributed by atoms with Gasteiger partial charge in [-0.15, -0.1) is 114 Å². The Morgan fingerprint density at radius 1 is 0.311 bits per heavy atom. The summed E-state index contributed by atoms with van der Waals surface area (Å²) in [4.78, 5) is 27.4. The molecule has 0 N–H and O–H groups in total. The van der Waals surface area contributed by atoms with Crippen LogP contribution in [0, 0.1) is 0 Å². The highest BCUT2D eigenvalue weighted by Crippen LogP contribution is 2.62. The maximum absolute atomic E-state index is 2.66. The molecule has 0 saturated heterocycles. The lowest BCUT2D eigenvalue weighted by atomic mass is 9.98. The van der Waals surface area contributed by atoms with Crippen molar-refractivity contribution in [2.45, 2.75) is 167 Å². The van der Waals surface area contributed by atoms with Crippen LogP contribution in [0.25, 0.3) is 64.1 Å². The van der Waals surface area contributed by atoms with Gasteiger partial charge in [-0.1, -0.05) is 111 Å². The van der Waals surface area contributed by atoms with E-state index in [1.165, 1.54) is 227 Å². The van der Waals surface area contributed by atoms with Gasteiger partial charge >= 0.3 is 0 Å². The van der Waals surface area contributed by atoms with Gasteiger partial charge in [0.05, 0.1) is 5.25 Å². The molecule has 74 heavy (non-hydrogen) atoms. The van der Waals surface area contributed by atoms with Crippen molar-refractivity contribution >= 4 is 119 Å². The van der Waals surface area contributed by atoms with E-state index in [1.54, 1.807) is 0 Å². The highest BCUT2D eigenvalue weighted by molar-refractivity contribution is 8.09. The van der Waals surface area contributed by atoms with Crippen LogP contribution >= 0.6 is 114 Å². The Morgan fingerprint density at radius 2 is 0.662 bits per heavy atom. The van der Waals surface area contributed by atoms with Gasteiger partial charge < -0.3 is 0 Å². The van der Waals surface area contributed by atoms with Crippen LogP contribution in [0.5, 0.6) is 0 Å². The number of rotatable bonds is 29. The summed E-state index contributed by atoms with van der Waals surface area (Å²) in [5.74, 6) is 0.266. The quantitative estimate of drug-likeness (QED) is 0.0421. The molecule has 0 spiro atoms. The largest absolute Gasteiger partial charge is 0.139 e. The van der Waals surface area contributed by atoms with E-state index < -0.39 is 0 Å². The van der Waals surface area contributed by atoms with Gasteiger partial charge in [-0.25, -0.2) is 0 Å². The highest BCUT2D eigenvalue weighted by Gasteiger charge is 2.37. The Kier molecular flexibility index (Phi) is 20.2. The Bertz CT molecular complexity index is 3150. The molecule has 2 unspecified atom stereocenters. The third-order valence-electron chi connectivity index (χ3n) is 14.2. The van der Waals surface area contributed by atoms with Gasteiger partial charge in [0.25, 0.3) is 0 Å². The second-order valence-corrected chi connectivity index (χ2v) is 31.3. The molecule has 1 aliphatic heterocycles. The summed E-state index contributed by atoms with van der Waals surface area (Å²) in [6.07, 6.45) is 28.4. The average molecular weight is 1160 g/mol. The fourth-order valence-electron chi connectivity index (χ4n) is 9.99. The van der Waals surface area contributed by atoms with E-state index >= 15 is 0 Å². The lowest BCUT2D eigenvalue weighted by molar-refractivity contribution is 0.670. The third-order valence-corrected chi connectivity index (χ3v) is 27.1. The first-order valence-electron chi connectivity index (χ1n) is 27.8. The molecular weight excluding hydrogens is 1090 g/mol. The second kappa shape index (κ2) is 27.3. The summed E-state index contributed by atoms with van der Waals surface area (Å²) in [6, 6.07) is 41.1. The van der Waals surface area contributed by atoms with Gasteiger partial charge in [0.1, 0.15) is 0 Å². The molecule has 0 amide bonds. The van der Waals surface area contributed by atoms with Crippen LogP contribution in [0.4, 0.5) is 0 Å². The van der Waals surface area contributed by atoms with Crippen molar-refractivity contribution in [1.29, 1.82) is 0 Å². The zero-order chi connectivity index (χ0) is 50.6. The van der Waals surface area contributed by atoms with Crippen molar-refractivity contribution in [3.05, 3.63) is 143 Å². The van der Waals surface area contributed by atoms with Gasteiger partial charge in [-0.3, -0.25) is 0 Å². The van der Waals surface area contributed by atoms with E-state index in [2.05, 4.69) is 160 Å². The van der Waals surface area contributed by atoms with Crippen molar-refractivity contribution < 1.29 is 0 Å². The van der Waals surface area contributed by atoms with Crippen LogP contribution in [-0.4, -0.2) is 0 Å². The predicted octanol–water partition coefficient (Wildman–Crippen LogP) is 25.3. The fraction of sp³-hybridized carbons (Fsp3) is 0.406. The Hall–Kier alpha value is -2.61. The Morgan fingerprint density at radius 3 is 1.12 bits per heavy atom. The molecule has 0 nitrogen and oxygen atoms in total. The minimum atomic E-state index is 0.263. The van der Waals surface area contributed by atoms with Crippen molar-refractivity contribution in [2.24, 2.45) is 0 Å². The van der Waals surface area contributed by atoms with Crippen molar-refractivity contribution in [3.63, 3.8) is 0 Å². The highest BCUT2D eigenvalue weighted by atomic mass is 32.2. The topological polar surface area (TPSA) is 0 Å². The molecule has 0 aromatic carbocycles. The van der Waals surface area contributed by atoms with Crippen molar-refractivity contribution in [1.82, 2.24) is 0 Å². The number of aryl methyl sites for hydroxylation is 4. The minimum Gasteiger partial charge on any atom is -0.139 e. The van der Waals surface area contributed by atoms with Gasteiger partial charge in [0.2, 0.25) is 0 Å². The first-order chi connectivity index (χ1) is 36.5. The lowest BCUT2D eigenvalue weighted by Gasteiger charge is -2.18. The molecule has 1 aliphatic rings. The van der Waals surface area contributed by atoms with Crippen molar-refractivity contribution in [2.75, 3.05) is 0 Å². The number of allylic oxidation sites excluding steroid dienone is 1. The SMILES string of the molecule is CCCCCCc1ccc(-c2ccc(C3=CC(c4ccc(-c5ccc(CCCCCC)s5)s4)C(c4sc(-c5ccc(-c6ccc(CCCCCC)s6)s5)cc4-c4ccc(-c5ccc(CCCCCC)s5)s4)S3)s2)s1. The average Bonchev–Trinajstić information content (AvgIpc) is 4.25. The summed E-state index contributed by atoms with van der Waals surface area (Å²) < 4.78 is 0. The van der Waals surface area contributed by atoms with Crippen LogP contribution in [0.3, 0.4) is 0 Å². The van der Waals surface area contributed by atoms with E-state index in [0.717, 1.165) is 0 Å². The summed E-state index contributed by atoms with van der Waals surface area (Å²) in [5, 5.41) is 0.263. The van der Waals surface area contributed by atoms with Crippen molar-refractivity contribution in [3.8, 4) is 59.2 Å². The van der Waals surface area contributed by atoms with Crippen LogP contribution < -0.4 is 0 Å². The third kappa shape index (κ3) is 13.8. The van der Waals surface area contributed by atoms with E-state index in [9.17, 15) is 0 Å². The number of hydrogen-bond donors (Lipinski definition) is 0. The Balaban J connectivity index is 0.994. The zero-order valence-electron chi connectivity index (χ0n) is 43.8. The molecule has 0 bridgehead atoms. The first-order valence-corrected chi connectivity index (χ1v) is 36.0. The normalized spacial score (nSPS) is 14.8. The monoisotopic (exact) mass is 1160 g/mol. The number of thiophene rings is 9. The molecule has 0 radical (unpaired) electrons. The number of thioether (sulfide) groups is 1. The van der Waals surface area contributed by atoms with Gasteiger partial charge in [-0.2, -0.15) is 0 Å². The summed E-state index contributed by atoms with van der Waals surface area (Å²) in [7, 11) is 0. The Labute approximate surface area is 483 Å². The smallest absolute Gasteiger partial charge is 0.0557 e. The van der Waals surface area contributed by atoms with Crippen LogP contribution in [-0.2, 0) is 25.7 Å². The maximum Gasteiger partial charge on any atom is 0.0557 e. The molecule has 10 heteroatoms. The molecule has 10 rings (SSSR count). The number of unbranched alkanes of at least 4 members (excludes halogenated alkanes) is 12. The number of hydrogen-bond acceptors (Lipinski definition) is 10. The predicted molar refractivity (Wildman–Crippen MR) is 345 cm³/mol.